The highest BCUT2D eigenvalue weighted by molar-refractivity contribution is 7.90. The molecule has 0 aromatic carbocycles. The Morgan fingerprint density at radius 3 is 2.64 bits per heavy atom. The number of pyridine rings is 3. The third-order valence-corrected chi connectivity index (χ3v) is 8.96. The summed E-state index contributed by atoms with van der Waals surface area (Å²) in [7, 11) is -3.10. The summed E-state index contributed by atoms with van der Waals surface area (Å²) < 4.78 is 34.8. The van der Waals surface area contributed by atoms with Gasteiger partial charge < -0.3 is 20.5 Å². The molecule has 0 bridgehead atoms. The Labute approximate surface area is 228 Å². The summed E-state index contributed by atoms with van der Waals surface area (Å²) in [5.41, 5.74) is 7.93. The molecule has 2 aliphatic rings. The van der Waals surface area contributed by atoms with Crippen molar-refractivity contribution >= 4 is 38.2 Å². The molecule has 4 heterocycles. The van der Waals surface area contributed by atoms with Gasteiger partial charge in [-0.1, -0.05) is 6.92 Å². The van der Waals surface area contributed by atoms with Crippen LogP contribution in [0.4, 0.5) is 11.6 Å². The summed E-state index contributed by atoms with van der Waals surface area (Å²) in [6.45, 7) is 7.71. The maximum Gasteiger partial charge on any atom is 0.340 e. The number of hydrogen-bond donors (Lipinski definition) is 2. The van der Waals surface area contributed by atoms with Gasteiger partial charge >= 0.3 is 5.97 Å². The number of nitrogens with one attached hydrogen (secondary N) is 1. The van der Waals surface area contributed by atoms with Gasteiger partial charge in [0.2, 0.25) is 5.88 Å². The maximum atomic E-state index is 12.4. The van der Waals surface area contributed by atoms with E-state index in [1.807, 2.05) is 33.8 Å². The van der Waals surface area contributed by atoms with E-state index in [4.69, 9.17) is 20.2 Å². The predicted molar refractivity (Wildman–Crippen MR) is 149 cm³/mol. The predicted octanol–water partition coefficient (Wildman–Crippen LogP) is 4.14. The van der Waals surface area contributed by atoms with Crippen molar-refractivity contribution < 1.29 is 22.7 Å². The molecule has 0 radical (unpaired) electrons. The molecule has 3 aromatic heterocycles. The van der Waals surface area contributed by atoms with Gasteiger partial charge in [-0.05, 0) is 75.6 Å². The molecule has 0 saturated heterocycles. The van der Waals surface area contributed by atoms with E-state index in [2.05, 4.69) is 15.3 Å². The molecule has 0 amide bonds. The SMILES string of the molecule is CC[C@@](C)(N)c1cnc(O[C@H](C)CCS(C)(=O)=O)c2cnc(Nc3ccc4c(n3)C3(CC3)[C@@H](C)OC4=O)cc12. The van der Waals surface area contributed by atoms with Gasteiger partial charge in [-0.3, -0.25) is 0 Å². The molecule has 1 saturated carbocycles. The zero-order chi connectivity index (χ0) is 28.2. The molecule has 3 aromatic rings. The number of carbonyl (C=O) groups is 1. The van der Waals surface area contributed by atoms with Gasteiger partial charge in [0, 0.05) is 24.2 Å². The summed E-state index contributed by atoms with van der Waals surface area (Å²) in [6, 6.07) is 5.40. The lowest BCUT2D eigenvalue weighted by Gasteiger charge is -2.30. The lowest BCUT2D eigenvalue weighted by atomic mass is 9.88. The lowest BCUT2D eigenvalue weighted by molar-refractivity contribution is 0.0183. The second-order valence-corrected chi connectivity index (χ2v) is 13.4. The van der Waals surface area contributed by atoms with Crippen LogP contribution in [0.3, 0.4) is 0 Å². The molecule has 208 valence electrons. The van der Waals surface area contributed by atoms with Crippen molar-refractivity contribution in [3.8, 4) is 5.88 Å². The Morgan fingerprint density at radius 1 is 1.23 bits per heavy atom. The van der Waals surface area contributed by atoms with Gasteiger partial charge in [-0.2, -0.15) is 0 Å². The quantitative estimate of drug-likeness (QED) is 0.371. The van der Waals surface area contributed by atoms with Crippen LogP contribution in [-0.2, 0) is 25.5 Å². The number of esters is 1. The lowest BCUT2D eigenvalue weighted by Crippen LogP contribution is -2.36. The van der Waals surface area contributed by atoms with Crippen LogP contribution in [-0.4, -0.2) is 53.6 Å². The molecule has 3 atom stereocenters. The minimum atomic E-state index is -3.10. The first-order chi connectivity index (χ1) is 18.3. The highest BCUT2D eigenvalue weighted by Crippen LogP contribution is 2.54. The van der Waals surface area contributed by atoms with Crippen LogP contribution in [0.25, 0.3) is 10.8 Å². The van der Waals surface area contributed by atoms with Crippen molar-refractivity contribution in [3.05, 3.63) is 47.4 Å². The van der Waals surface area contributed by atoms with Crippen LogP contribution >= 0.6 is 0 Å². The second-order valence-electron chi connectivity index (χ2n) is 11.1. The summed E-state index contributed by atoms with van der Waals surface area (Å²) in [4.78, 5) is 26.4. The number of rotatable bonds is 9. The Bertz CT molecular complexity index is 1550. The zero-order valence-corrected chi connectivity index (χ0v) is 23.8. The fraction of sp³-hybridized carbons (Fsp3) is 0.500. The van der Waals surface area contributed by atoms with Crippen molar-refractivity contribution in [3.63, 3.8) is 0 Å². The van der Waals surface area contributed by atoms with Crippen molar-refractivity contribution in [2.24, 2.45) is 5.73 Å². The number of fused-ring (bicyclic) bond motifs is 3. The van der Waals surface area contributed by atoms with Gasteiger partial charge in [-0.25, -0.2) is 28.2 Å². The van der Waals surface area contributed by atoms with Gasteiger partial charge in [0.05, 0.1) is 33.9 Å². The number of nitrogens with two attached hydrogens (primary N) is 1. The first kappa shape index (κ1) is 27.3. The van der Waals surface area contributed by atoms with E-state index in [1.54, 1.807) is 24.5 Å². The van der Waals surface area contributed by atoms with Crippen LogP contribution in [0.15, 0.2) is 30.6 Å². The van der Waals surface area contributed by atoms with Crippen LogP contribution in [0.2, 0.25) is 0 Å². The maximum absolute atomic E-state index is 12.4. The topological polar surface area (TPSA) is 146 Å². The van der Waals surface area contributed by atoms with E-state index < -0.39 is 15.4 Å². The fourth-order valence-corrected chi connectivity index (χ4v) is 5.82. The number of anilines is 2. The van der Waals surface area contributed by atoms with Gasteiger partial charge in [0.25, 0.3) is 0 Å². The number of hydrogen-bond acceptors (Lipinski definition) is 10. The summed E-state index contributed by atoms with van der Waals surface area (Å²) in [5.74, 6) is 1.20. The summed E-state index contributed by atoms with van der Waals surface area (Å²) >= 11 is 0. The van der Waals surface area contributed by atoms with Crippen molar-refractivity contribution in [1.29, 1.82) is 0 Å². The van der Waals surface area contributed by atoms with Gasteiger partial charge in [-0.15, -0.1) is 0 Å². The monoisotopic (exact) mass is 553 g/mol. The standard InChI is InChI=1S/C28H35N5O5S/c1-6-27(4,29)21-15-31-25(37-16(2)9-12-39(5,35)36)20-14-30-23(13-19(20)21)32-22-8-7-18-24(33-22)28(10-11-28)17(3)38-26(18)34/h7-8,13-17H,6,9-12,29H2,1-5H3,(H,30,32,33)/t16-,17-,27-/m1/s1. The molecule has 1 aliphatic heterocycles. The van der Waals surface area contributed by atoms with Crippen molar-refractivity contribution in [1.82, 2.24) is 15.0 Å². The number of nitrogens with zero attached hydrogens (tertiary/aromatic N) is 3. The molecule has 10 nitrogen and oxygen atoms in total. The van der Waals surface area contributed by atoms with Crippen LogP contribution < -0.4 is 15.8 Å². The van der Waals surface area contributed by atoms with E-state index in [1.165, 1.54) is 6.26 Å². The van der Waals surface area contributed by atoms with Crippen LogP contribution in [0.1, 0.15) is 75.0 Å². The molecule has 11 heteroatoms. The first-order valence-corrected chi connectivity index (χ1v) is 15.3. The van der Waals surface area contributed by atoms with E-state index in [0.29, 0.717) is 41.3 Å². The zero-order valence-electron chi connectivity index (χ0n) is 22.9. The summed E-state index contributed by atoms with van der Waals surface area (Å²) in [6.07, 6.45) is 6.94. The number of carbonyl (C=O) groups excluding carboxylic acids is 1. The highest BCUT2D eigenvalue weighted by atomic mass is 32.2. The van der Waals surface area contributed by atoms with Crippen LogP contribution in [0.5, 0.6) is 5.88 Å². The third kappa shape index (κ3) is 5.29. The Kier molecular flexibility index (Phi) is 6.79. The Hall–Kier alpha value is -3.31. The van der Waals surface area contributed by atoms with Crippen molar-refractivity contribution in [2.75, 3.05) is 17.3 Å². The van der Waals surface area contributed by atoms with Gasteiger partial charge in [0.15, 0.2) is 0 Å². The normalized spacial score (nSPS) is 20.2. The van der Waals surface area contributed by atoms with Crippen LogP contribution in [0, 0.1) is 0 Å². The summed E-state index contributed by atoms with van der Waals surface area (Å²) in [5, 5.41) is 4.80. The van der Waals surface area contributed by atoms with Crippen molar-refractivity contribution in [2.45, 2.75) is 76.5 Å². The minimum absolute atomic E-state index is 0.0266. The molecule has 1 aliphatic carbocycles. The average molecular weight is 554 g/mol. The fourth-order valence-electron chi connectivity index (χ4n) is 5.06. The Balaban J connectivity index is 1.49. The molecular weight excluding hydrogens is 518 g/mol. The van der Waals surface area contributed by atoms with Gasteiger partial charge in [0.1, 0.15) is 27.6 Å². The second kappa shape index (κ2) is 9.71. The number of cyclic esters (lactones) is 1. The molecule has 39 heavy (non-hydrogen) atoms. The number of sulfone groups is 1. The third-order valence-electron chi connectivity index (χ3n) is 7.99. The molecule has 1 fully saturated rings. The molecule has 1 spiro atoms. The number of aromatic nitrogens is 3. The molecular formula is C28H35N5O5S. The molecule has 0 unspecified atom stereocenters. The minimum Gasteiger partial charge on any atom is -0.474 e. The average Bonchev–Trinajstić information content (AvgIpc) is 3.68. The van der Waals surface area contributed by atoms with E-state index in [9.17, 15) is 13.2 Å². The Morgan fingerprint density at radius 2 is 1.97 bits per heavy atom. The smallest absolute Gasteiger partial charge is 0.340 e. The molecule has 3 N–H and O–H groups in total. The number of ether oxygens (including phenoxy) is 2. The largest absolute Gasteiger partial charge is 0.474 e. The van der Waals surface area contributed by atoms with E-state index >= 15 is 0 Å². The first-order valence-electron chi connectivity index (χ1n) is 13.2. The van der Waals surface area contributed by atoms with E-state index in [0.717, 1.165) is 29.5 Å². The van der Waals surface area contributed by atoms with E-state index in [-0.39, 0.29) is 29.3 Å². The highest BCUT2D eigenvalue weighted by Gasteiger charge is 2.56. The molecule has 5 rings (SSSR count).